The molecule has 0 aliphatic heterocycles. The average Bonchev–Trinajstić information content (AvgIpc) is 2.71. The molecule has 1 aliphatic carbocycles. The topological polar surface area (TPSA) is 66.5 Å². The first-order chi connectivity index (χ1) is 7.07. The van der Waals surface area contributed by atoms with Crippen LogP contribution in [0.15, 0.2) is 22.6 Å². The Hall–Kier alpha value is -0.960. The van der Waals surface area contributed by atoms with Crippen molar-refractivity contribution in [3.63, 3.8) is 0 Å². The highest BCUT2D eigenvalue weighted by Gasteiger charge is 2.20. The first-order valence-electron chi connectivity index (χ1n) is 5.54. The van der Waals surface area contributed by atoms with Gasteiger partial charge in [-0.05, 0) is 32.6 Å². The van der Waals surface area contributed by atoms with E-state index in [-0.39, 0.29) is 12.4 Å². The van der Waals surface area contributed by atoms with Crippen LogP contribution in [0.1, 0.15) is 39.5 Å². The second kappa shape index (κ2) is 5.21. The van der Waals surface area contributed by atoms with E-state index in [1.54, 1.807) is 6.92 Å². The van der Waals surface area contributed by atoms with Crippen molar-refractivity contribution in [2.45, 2.75) is 39.5 Å². The Kier molecular flexibility index (Phi) is 4.21. The summed E-state index contributed by atoms with van der Waals surface area (Å²) >= 11 is 0. The van der Waals surface area contributed by atoms with E-state index in [1.807, 2.05) is 6.92 Å². The summed E-state index contributed by atoms with van der Waals surface area (Å²) in [6.07, 6.45) is 4.80. The number of rotatable bonds is 3. The fourth-order valence-corrected chi connectivity index (χ4v) is 2.23. The van der Waals surface area contributed by atoms with Gasteiger partial charge in [-0.25, -0.2) is 0 Å². The molecule has 1 aliphatic rings. The van der Waals surface area contributed by atoms with Crippen LogP contribution in [0.3, 0.4) is 0 Å². The van der Waals surface area contributed by atoms with E-state index < -0.39 is 0 Å². The normalized spacial score (nSPS) is 21.3. The lowest BCUT2D eigenvalue weighted by molar-refractivity contribution is 0.308. The maximum atomic E-state index is 9.75. The third kappa shape index (κ3) is 2.75. The van der Waals surface area contributed by atoms with Gasteiger partial charge in [-0.3, -0.25) is 0 Å². The Morgan fingerprint density at radius 3 is 2.20 bits per heavy atom. The van der Waals surface area contributed by atoms with E-state index >= 15 is 0 Å². The van der Waals surface area contributed by atoms with Crippen LogP contribution in [0.2, 0.25) is 0 Å². The molecular formula is C12H21NO2. The maximum absolute atomic E-state index is 9.75. The predicted molar refractivity (Wildman–Crippen MR) is 61.3 cm³/mol. The summed E-state index contributed by atoms with van der Waals surface area (Å²) in [5.74, 6) is 0.565. The van der Waals surface area contributed by atoms with Crippen molar-refractivity contribution < 1.29 is 10.2 Å². The summed E-state index contributed by atoms with van der Waals surface area (Å²) in [6, 6.07) is 0. The van der Waals surface area contributed by atoms with Gasteiger partial charge in [-0.15, -0.1) is 0 Å². The van der Waals surface area contributed by atoms with E-state index in [1.165, 1.54) is 12.8 Å². The number of hydrogen-bond acceptors (Lipinski definition) is 3. The van der Waals surface area contributed by atoms with E-state index in [4.69, 9.17) is 5.73 Å². The summed E-state index contributed by atoms with van der Waals surface area (Å²) in [7, 11) is 0. The van der Waals surface area contributed by atoms with Gasteiger partial charge in [-0.1, -0.05) is 18.4 Å². The van der Waals surface area contributed by atoms with Crippen LogP contribution in [0, 0.1) is 5.92 Å². The molecule has 0 aromatic rings. The quantitative estimate of drug-likeness (QED) is 0.495. The zero-order chi connectivity index (χ0) is 11.4. The van der Waals surface area contributed by atoms with E-state index in [0.717, 1.165) is 18.4 Å². The van der Waals surface area contributed by atoms with Crippen molar-refractivity contribution >= 4 is 0 Å². The Morgan fingerprint density at radius 1 is 1.27 bits per heavy atom. The fraction of sp³-hybridized carbons (Fsp3) is 0.667. The van der Waals surface area contributed by atoms with Gasteiger partial charge in [-0.2, -0.15) is 0 Å². The predicted octanol–water partition coefficient (Wildman–Crippen LogP) is 2.23. The molecule has 0 amide bonds. The lowest BCUT2D eigenvalue weighted by Gasteiger charge is -2.16. The van der Waals surface area contributed by atoms with E-state index in [0.29, 0.717) is 17.2 Å². The van der Waals surface area contributed by atoms with Gasteiger partial charge in [0.2, 0.25) is 0 Å². The Morgan fingerprint density at radius 2 is 1.80 bits per heavy atom. The molecule has 1 rings (SSSR count). The molecule has 0 radical (unpaired) electrons. The molecule has 1 saturated carbocycles. The molecule has 0 saturated heterocycles. The Balaban J connectivity index is 2.96. The number of nitrogens with two attached hydrogens (primary N) is 1. The monoisotopic (exact) mass is 211 g/mol. The van der Waals surface area contributed by atoms with Crippen molar-refractivity contribution in [3.05, 3.63) is 22.6 Å². The van der Waals surface area contributed by atoms with Gasteiger partial charge in [0.25, 0.3) is 0 Å². The first kappa shape index (κ1) is 12.1. The SMILES string of the molecule is C/C(=C(CO)/C(O)=C(/C)N)C1CCCC1. The minimum absolute atomic E-state index is 0.0573. The van der Waals surface area contributed by atoms with E-state index in [2.05, 4.69) is 0 Å². The van der Waals surface area contributed by atoms with Crippen molar-refractivity contribution in [2.75, 3.05) is 6.61 Å². The largest absolute Gasteiger partial charge is 0.506 e. The summed E-state index contributed by atoms with van der Waals surface area (Å²) in [6.45, 7) is 3.50. The van der Waals surface area contributed by atoms with Crippen LogP contribution in [0.25, 0.3) is 0 Å². The molecule has 3 nitrogen and oxygen atoms in total. The third-order valence-electron chi connectivity index (χ3n) is 3.26. The smallest absolute Gasteiger partial charge is 0.139 e. The maximum Gasteiger partial charge on any atom is 0.139 e. The molecule has 0 heterocycles. The summed E-state index contributed by atoms with van der Waals surface area (Å²) < 4.78 is 0. The highest BCUT2D eigenvalue weighted by molar-refractivity contribution is 5.33. The van der Waals surface area contributed by atoms with Gasteiger partial charge in [0.1, 0.15) is 5.76 Å². The summed E-state index contributed by atoms with van der Waals surface area (Å²) in [5.41, 5.74) is 7.61. The molecular weight excluding hydrogens is 190 g/mol. The molecule has 15 heavy (non-hydrogen) atoms. The molecule has 86 valence electrons. The molecule has 0 bridgehead atoms. The molecule has 0 atom stereocenters. The fourth-order valence-electron chi connectivity index (χ4n) is 2.23. The van der Waals surface area contributed by atoms with Gasteiger partial charge in [0.05, 0.1) is 6.61 Å². The highest BCUT2D eigenvalue weighted by atomic mass is 16.3. The minimum atomic E-state index is -0.136. The van der Waals surface area contributed by atoms with Crippen molar-refractivity contribution in [1.29, 1.82) is 0 Å². The number of allylic oxidation sites excluding steroid dienone is 2. The van der Waals surface area contributed by atoms with Crippen LogP contribution in [-0.4, -0.2) is 16.8 Å². The van der Waals surface area contributed by atoms with Gasteiger partial charge in [0.15, 0.2) is 0 Å². The van der Waals surface area contributed by atoms with Crippen LogP contribution in [-0.2, 0) is 0 Å². The molecule has 3 heteroatoms. The second-order valence-electron chi connectivity index (χ2n) is 4.33. The second-order valence-corrected chi connectivity index (χ2v) is 4.33. The minimum Gasteiger partial charge on any atom is -0.506 e. The van der Waals surface area contributed by atoms with Crippen LogP contribution >= 0.6 is 0 Å². The zero-order valence-electron chi connectivity index (χ0n) is 9.58. The van der Waals surface area contributed by atoms with Crippen molar-refractivity contribution in [1.82, 2.24) is 0 Å². The van der Waals surface area contributed by atoms with Crippen LogP contribution in [0.5, 0.6) is 0 Å². The Bertz CT molecular complexity index is 282. The first-order valence-corrected chi connectivity index (χ1v) is 5.54. The molecule has 0 unspecified atom stereocenters. The van der Waals surface area contributed by atoms with Crippen LogP contribution in [0.4, 0.5) is 0 Å². The number of aliphatic hydroxyl groups excluding tert-OH is 2. The lowest BCUT2D eigenvalue weighted by atomic mass is 9.93. The van der Waals surface area contributed by atoms with E-state index in [9.17, 15) is 10.2 Å². The molecule has 1 fully saturated rings. The number of hydrogen-bond donors (Lipinski definition) is 3. The zero-order valence-corrected chi connectivity index (χ0v) is 9.58. The van der Waals surface area contributed by atoms with Crippen molar-refractivity contribution in [2.24, 2.45) is 11.7 Å². The van der Waals surface area contributed by atoms with Crippen LogP contribution < -0.4 is 5.73 Å². The van der Waals surface area contributed by atoms with Gasteiger partial charge in [0, 0.05) is 11.3 Å². The Labute approximate surface area is 91.3 Å². The van der Waals surface area contributed by atoms with Gasteiger partial charge < -0.3 is 15.9 Å². The molecule has 0 aromatic heterocycles. The summed E-state index contributed by atoms with van der Waals surface area (Å²) in [4.78, 5) is 0. The summed E-state index contributed by atoms with van der Waals surface area (Å²) in [5, 5.41) is 19.0. The molecule has 0 spiro atoms. The number of aliphatic hydroxyl groups is 2. The molecule has 4 N–H and O–H groups in total. The average molecular weight is 211 g/mol. The van der Waals surface area contributed by atoms with Crippen molar-refractivity contribution in [3.8, 4) is 0 Å². The third-order valence-corrected chi connectivity index (χ3v) is 3.26. The standard InChI is InChI=1S/C12H21NO2/c1-8(10-5-3-4-6-10)11(7-14)12(15)9(2)13/h10,14-15H,3-7,13H2,1-2H3/b11-8-,12-9+. The van der Waals surface area contributed by atoms with Gasteiger partial charge >= 0.3 is 0 Å². The lowest BCUT2D eigenvalue weighted by Crippen LogP contribution is -2.09. The molecule has 0 aromatic carbocycles. The highest BCUT2D eigenvalue weighted by Crippen LogP contribution is 2.33.